The van der Waals surface area contributed by atoms with Crippen molar-refractivity contribution in [2.45, 2.75) is 0 Å². The quantitative estimate of drug-likeness (QED) is 0.547. The van der Waals surface area contributed by atoms with Crippen LogP contribution in [0, 0.1) is 0 Å². The third-order valence-electron chi connectivity index (χ3n) is 2.30. The van der Waals surface area contributed by atoms with Crippen molar-refractivity contribution in [3.8, 4) is 0 Å². The molecule has 0 N–H and O–H groups in total. The molecular weight excluding hydrogens is 298 g/mol. The number of rotatable bonds is 4. The zero-order valence-corrected chi connectivity index (χ0v) is 11.2. The fourth-order valence-electron chi connectivity index (χ4n) is 1.32. The maximum absolute atomic E-state index is 11.1. The van der Waals surface area contributed by atoms with Gasteiger partial charge in [-0.3, -0.25) is 4.90 Å². The third-order valence-corrected chi connectivity index (χ3v) is 4.23. The second-order valence-electron chi connectivity index (χ2n) is 3.53. The molecule has 1 aliphatic rings. The molecule has 16 heavy (non-hydrogen) atoms. The van der Waals surface area contributed by atoms with Crippen molar-refractivity contribution in [3.63, 3.8) is 0 Å². The molecule has 0 spiro atoms. The first kappa shape index (κ1) is 13.7. The van der Waals surface area contributed by atoms with E-state index in [2.05, 4.69) is 22.5 Å². The fourth-order valence-corrected chi connectivity index (χ4v) is 2.71. The topological polar surface area (TPSA) is 63.7 Å². The van der Waals surface area contributed by atoms with Crippen LogP contribution < -0.4 is 0 Å². The minimum atomic E-state index is -2.84. The van der Waals surface area contributed by atoms with E-state index in [0.29, 0.717) is 19.6 Å². The molecule has 1 fully saturated rings. The van der Waals surface area contributed by atoms with Crippen molar-refractivity contribution in [1.29, 1.82) is 0 Å². The van der Waals surface area contributed by atoms with Gasteiger partial charge in [0.2, 0.25) is 0 Å². The van der Waals surface area contributed by atoms with E-state index in [4.69, 9.17) is 4.74 Å². The van der Waals surface area contributed by atoms with E-state index in [1.807, 2.05) is 4.90 Å². The number of hydrogen-bond acceptors (Lipinski definition) is 5. The highest BCUT2D eigenvalue weighted by molar-refractivity contribution is 9.12. The molecule has 0 amide bonds. The second-order valence-corrected chi connectivity index (χ2v) is 6.80. The number of carbonyl (C=O) groups excluding carboxylic acids is 1. The Morgan fingerprint density at radius 1 is 1.38 bits per heavy atom. The average molecular weight is 312 g/mol. The number of esters is 1. The number of hydrogen-bond donors (Lipinski definition) is 0. The van der Waals surface area contributed by atoms with Gasteiger partial charge in [-0.1, -0.05) is 6.58 Å². The largest absolute Gasteiger partial charge is 0.460 e. The second kappa shape index (κ2) is 5.79. The van der Waals surface area contributed by atoms with E-state index in [-0.39, 0.29) is 22.6 Å². The van der Waals surface area contributed by atoms with Crippen LogP contribution in [-0.2, 0) is 19.4 Å². The molecule has 7 heteroatoms. The Labute approximate surface area is 103 Å². The van der Waals surface area contributed by atoms with Crippen molar-refractivity contribution in [3.05, 3.63) is 11.1 Å². The van der Waals surface area contributed by atoms with Crippen molar-refractivity contribution in [2.24, 2.45) is 0 Å². The van der Waals surface area contributed by atoms with Gasteiger partial charge in [-0.15, -0.1) is 0 Å². The Morgan fingerprint density at radius 2 is 1.94 bits per heavy atom. The summed E-state index contributed by atoms with van der Waals surface area (Å²) in [6, 6.07) is 0. The van der Waals surface area contributed by atoms with Crippen LogP contribution in [0.4, 0.5) is 0 Å². The van der Waals surface area contributed by atoms with Gasteiger partial charge in [0.1, 0.15) is 6.61 Å². The number of halogens is 1. The van der Waals surface area contributed by atoms with Crippen LogP contribution in [0.5, 0.6) is 0 Å². The predicted octanol–water partition coefficient (Wildman–Crippen LogP) is 0.169. The Balaban J connectivity index is 2.21. The number of nitrogens with zero attached hydrogens (tertiary/aromatic N) is 1. The Morgan fingerprint density at radius 3 is 2.44 bits per heavy atom. The molecule has 0 atom stereocenters. The summed E-state index contributed by atoms with van der Waals surface area (Å²) in [4.78, 5) is 13.0. The van der Waals surface area contributed by atoms with E-state index in [9.17, 15) is 13.2 Å². The number of ether oxygens (including phenoxy) is 1. The highest BCUT2D eigenvalue weighted by Gasteiger charge is 2.21. The zero-order valence-electron chi connectivity index (χ0n) is 8.82. The molecule has 0 radical (unpaired) electrons. The highest BCUT2D eigenvalue weighted by Crippen LogP contribution is 2.05. The minimum absolute atomic E-state index is 0.187. The summed E-state index contributed by atoms with van der Waals surface area (Å²) in [5.41, 5.74) is 0. The first-order valence-electron chi connectivity index (χ1n) is 4.85. The molecule has 0 aromatic carbocycles. The Bertz CT molecular complexity index is 365. The summed E-state index contributed by atoms with van der Waals surface area (Å²) < 4.78 is 27.3. The molecule has 92 valence electrons. The molecule has 0 aromatic rings. The third kappa shape index (κ3) is 4.63. The number of carbonyl (C=O) groups is 1. The lowest BCUT2D eigenvalue weighted by Crippen LogP contribution is -2.41. The van der Waals surface area contributed by atoms with Gasteiger partial charge in [0, 0.05) is 19.6 Å². The van der Waals surface area contributed by atoms with E-state index in [1.54, 1.807) is 0 Å². The lowest BCUT2D eigenvalue weighted by atomic mass is 10.5. The normalized spacial score (nSPS) is 20.3. The van der Waals surface area contributed by atoms with Crippen LogP contribution in [0.1, 0.15) is 0 Å². The molecular formula is C9H14BrNO4S. The summed E-state index contributed by atoms with van der Waals surface area (Å²) in [5, 5.41) is 0. The standard InChI is InChI=1S/C9H14BrNO4S/c1-8(10)9(12)15-5-2-11-3-6-16(13,14)7-4-11/h1-7H2. The molecule has 0 aliphatic carbocycles. The van der Waals surface area contributed by atoms with Crippen molar-refractivity contribution in [2.75, 3.05) is 37.7 Å². The van der Waals surface area contributed by atoms with Gasteiger partial charge in [0.15, 0.2) is 9.84 Å². The van der Waals surface area contributed by atoms with Crippen molar-refractivity contribution >= 4 is 31.7 Å². The summed E-state index contributed by atoms with van der Waals surface area (Å²) in [6.45, 7) is 5.22. The average Bonchev–Trinajstić information content (AvgIpc) is 2.20. The van der Waals surface area contributed by atoms with Gasteiger partial charge in [-0.25, -0.2) is 13.2 Å². The van der Waals surface area contributed by atoms with E-state index < -0.39 is 15.8 Å². The van der Waals surface area contributed by atoms with Crippen LogP contribution >= 0.6 is 15.9 Å². The Kier molecular flexibility index (Phi) is 4.94. The zero-order chi connectivity index (χ0) is 12.2. The van der Waals surface area contributed by atoms with Crippen molar-refractivity contribution < 1.29 is 17.9 Å². The van der Waals surface area contributed by atoms with E-state index in [1.165, 1.54) is 0 Å². The first-order chi connectivity index (χ1) is 7.41. The van der Waals surface area contributed by atoms with Gasteiger partial charge in [0.05, 0.1) is 16.0 Å². The molecule has 0 unspecified atom stereocenters. The van der Waals surface area contributed by atoms with Crippen LogP contribution in [0.15, 0.2) is 11.1 Å². The Hall–Kier alpha value is -0.400. The molecule has 5 nitrogen and oxygen atoms in total. The summed E-state index contributed by atoms with van der Waals surface area (Å²) in [7, 11) is -2.84. The summed E-state index contributed by atoms with van der Waals surface area (Å²) in [5.74, 6) is -0.109. The van der Waals surface area contributed by atoms with Gasteiger partial charge in [0.25, 0.3) is 0 Å². The SMILES string of the molecule is C=C(Br)C(=O)OCCN1CCS(=O)(=O)CC1. The lowest BCUT2D eigenvalue weighted by Gasteiger charge is -2.25. The fraction of sp³-hybridized carbons (Fsp3) is 0.667. The molecule has 0 aromatic heterocycles. The van der Waals surface area contributed by atoms with E-state index in [0.717, 1.165) is 0 Å². The van der Waals surface area contributed by atoms with Gasteiger partial charge in [-0.2, -0.15) is 0 Å². The van der Waals surface area contributed by atoms with E-state index >= 15 is 0 Å². The minimum Gasteiger partial charge on any atom is -0.460 e. The van der Waals surface area contributed by atoms with Crippen LogP contribution in [-0.4, -0.2) is 57.0 Å². The summed E-state index contributed by atoms with van der Waals surface area (Å²) in [6.07, 6.45) is 0. The molecule has 1 saturated heterocycles. The van der Waals surface area contributed by atoms with Gasteiger partial charge < -0.3 is 4.74 Å². The maximum atomic E-state index is 11.1. The van der Waals surface area contributed by atoms with Crippen molar-refractivity contribution in [1.82, 2.24) is 4.90 Å². The highest BCUT2D eigenvalue weighted by atomic mass is 79.9. The molecule has 1 heterocycles. The summed E-state index contributed by atoms with van der Waals surface area (Å²) >= 11 is 2.92. The predicted molar refractivity (Wildman–Crippen MR) is 64.1 cm³/mol. The molecule has 0 bridgehead atoms. The van der Waals surface area contributed by atoms with Crippen LogP contribution in [0.3, 0.4) is 0 Å². The van der Waals surface area contributed by atoms with Crippen LogP contribution in [0.2, 0.25) is 0 Å². The smallest absolute Gasteiger partial charge is 0.344 e. The monoisotopic (exact) mass is 311 g/mol. The molecule has 0 saturated carbocycles. The maximum Gasteiger partial charge on any atom is 0.344 e. The molecule has 1 rings (SSSR count). The lowest BCUT2D eigenvalue weighted by molar-refractivity contribution is -0.138. The van der Waals surface area contributed by atoms with Gasteiger partial charge in [-0.05, 0) is 15.9 Å². The molecule has 1 aliphatic heterocycles. The van der Waals surface area contributed by atoms with Gasteiger partial charge >= 0.3 is 5.97 Å². The van der Waals surface area contributed by atoms with Crippen LogP contribution in [0.25, 0.3) is 0 Å². The first-order valence-corrected chi connectivity index (χ1v) is 7.46. The number of sulfone groups is 1.